The van der Waals surface area contributed by atoms with Gasteiger partial charge < -0.3 is 20.9 Å². The predicted molar refractivity (Wildman–Crippen MR) is 124 cm³/mol. The molecule has 9 heteroatoms. The van der Waals surface area contributed by atoms with Crippen LogP contribution < -0.4 is 16.0 Å². The summed E-state index contributed by atoms with van der Waals surface area (Å²) in [5.41, 5.74) is -0.235. The van der Waals surface area contributed by atoms with Gasteiger partial charge in [-0.2, -0.15) is 5.26 Å². The van der Waals surface area contributed by atoms with E-state index in [9.17, 15) is 19.6 Å². The second-order valence-corrected chi connectivity index (χ2v) is 9.77. The van der Waals surface area contributed by atoms with Gasteiger partial charge in [0, 0.05) is 17.8 Å². The third-order valence-corrected chi connectivity index (χ3v) is 6.75. The molecule has 2 heterocycles. The summed E-state index contributed by atoms with van der Waals surface area (Å²) in [7, 11) is 0. The molecule has 1 aromatic carbocycles. The fraction of sp³-hybridized carbons (Fsp3) is 0.500. The van der Waals surface area contributed by atoms with Gasteiger partial charge in [0.05, 0.1) is 16.6 Å². The topological polar surface area (TPSA) is 127 Å². The molecular formula is C24H28ClN5O3. The van der Waals surface area contributed by atoms with E-state index in [0.717, 1.165) is 24.6 Å². The third kappa shape index (κ3) is 5.48. The van der Waals surface area contributed by atoms with Crippen LogP contribution in [-0.4, -0.2) is 40.8 Å². The van der Waals surface area contributed by atoms with Gasteiger partial charge in [0.2, 0.25) is 11.8 Å². The molecular weight excluding hydrogens is 442 g/mol. The summed E-state index contributed by atoms with van der Waals surface area (Å²) in [6.45, 7) is 2.27. The molecule has 1 aliphatic carbocycles. The molecule has 2 aliphatic rings. The van der Waals surface area contributed by atoms with Gasteiger partial charge >= 0.3 is 0 Å². The number of halogens is 1. The van der Waals surface area contributed by atoms with Crippen molar-refractivity contribution in [2.45, 2.75) is 57.0 Å². The Hall–Kier alpha value is -3.05. The zero-order valence-corrected chi connectivity index (χ0v) is 19.3. The maximum absolute atomic E-state index is 13.2. The summed E-state index contributed by atoms with van der Waals surface area (Å²) in [6.07, 6.45) is 4.29. The summed E-state index contributed by atoms with van der Waals surface area (Å²) in [5.74, 6) is -0.859. The predicted octanol–water partition coefficient (Wildman–Crippen LogP) is 3.03. The Kier molecular flexibility index (Phi) is 6.61. The normalized spacial score (nSPS) is 20.9. The minimum Gasteiger partial charge on any atom is -0.356 e. The Morgan fingerprint density at radius 2 is 2.12 bits per heavy atom. The third-order valence-electron chi connectivity index (χ3n) is 6.44. The average molecular weight is 470 g/mol. The van der Waals surface area contributed by atoms with E-state index in [1.54, 1.807) is 25.1 Å². The van der Waals surface area contributed by atoms with Crippen LogP contribution in [0.5, 0.6) is 0 Å². The Morgan fingerprint density at radius 3 is 2.79 bits per heavy atom. The van der Waals surface area contributed by atoms with Crippen LogP contribution in [0, 0.1) is 23.2 Å². The molecule has 33 heavy (non-hydrogen) atoms. The lowest BCUT2D eigenvalue weighted by atomic mass is 9.85. The van der Waals surface area contributed by atoms with Gasteiger partial charge in [-0.15, -0.1) is 0 Å². The van der Waals surface area contributed by atoms with Crippen molar-refractivity contribution in [1.82, 2.24) is 20.9 Å². The molecule has 2 fully saturated rings. The number of piperidine rings is 1. The summed E-state index contributed by atoms with van der Waals surface area (Å²) >= 11 is 6.20. The first-order chi connectivity index (χ1) is 15.8. The minimum absolute atomic E-state index is 0.0859. The number of fused-ring (bicyclic) bond motifs is 1. The van der Waals surface area contributed by atoms with Gasteiger partial charge in [0.1, 0.15) is 17.3 Å². The number of aromatic amines is 1. The number of benzene rings is 1. The maximum atomic E-state index is 13.2. The summed E-state index contributed by atoms with van der Waals surface area (Å²) in [6, 6.07) is 8.48. The number of H-pyrrole nitrogens is 1. The molecule has 1 aromatic heterocycles. The van der Waals surface area contributed by atoms with Crippen molar-refractivity contribution in [1.29, 1.82) is 5.26 Å². The molecule has 8 nitrogen and oxygen atoms in total. The standard InChI is InChI=1S/C24H28ClN5O3/c1-24(13-26,12-16-5-3-9-27-21(16)31)30-23(33)18(10-14-7-8-14)29-22(32)19-11-15-4-2-6-17(25)20(15)28-19/h2,4,6,11,14,16,18,28H,3,5,7-10,12H2,1H3,(H,27,31)(H,29,32)(H,30,33). The van der Waals surface area contributed by atoms with Crippen LogP contribution in [0.15, 0.2) is 24.3 Å². The second kappa shape index (κ2) is 9.44. The van der Waals surface area contributed by atoms with Crippen LogP contribution in [0.3, 0.4) is 0 Å². The van der Waals surface area contributed by atoms with Crippen molar-refractivity contribution >= 4 is 40.2 Å². The van der Waals surface area contributed by atoms with E-state index >= 15 is 0 Å². The highest BCUT2D eigenvalue weighted by molar-refractivity contribution is 6.35. The number of hydrogen-bond acceptors (Lipinski definition) is 4. The number of carbonyl (C=O) groups is 3. The fourth-order valence-corrected chi connectivity index (χ4v) is 4.63. The van der Waals surface area contributed by atoms with Gasteiger partial charge in [0.25, 0.3) is 5.91 Å². The highest BCUT2D eigenvalue weighted by Gasteiger charge is 2.37. The van der Waals surface area contributed by atoms with Crippen molar-refractivity contribution in [2.75, 3.05) is 6.54 Å². The Labute approximate surface area is 197 Å². The quantitative estimate of drug-likeness (QED) is 0.473. The molecule has 3 unspecified atom stereocenters. The van der Waals surface area contributed by atoms with Gasteiger partial charge in [-0.3, -0.25) is 14.4 Å². The highest BCUT2D eigenvalue weighted by atomic mass is 35.5. The van der Waals surface area contributed by atoms with Gasteiger partial charge in [-0.25, -0.2) is 0 Å². The van der Waals surface area contributed by atoms with Crippen LogP contribution in [0.4, 0.5) is 0 Å². The number of hydrogen-bond donors (Lipinski definition) is 4. The van der Waals surface area contributed by atoms with Crippen molar-refractivity contribution in [2.24, 2.45) is 11.8 Å². The lowest BCUT2D eigenvalue weighted by Crippen LogP contribution is -2.55. The van der Waals surface area contributed by atoms with E-state index in [0.29, 0.717) is 41.5 Å². The SMILES string of the molecule is CC(C#N)(CC1CCCNC1=O)NC(=O)C(CC1CC1)NC(=O)c1cc2cccc(Cl)c2[nH]1. The van der Waals surface area contributed by atoms with Crippen LogP contribution in [0.2, 0.25) is 5.02 Å². The van der Waals surface area contributed by atoms with E-state index < -0.39 is 23.4 Å². The summed E-state index contributed by atoms with van der Waals surface area (Å²) < 4.78 is 0. The number of carbonyl (C=O) groups excluding carboxylic acids is 3. The van der Waals surface area contributed by atoms with Crippen LogP contribution in [0.1, 0.15) is 55.9 Å². The smallest absolute Gasteiger partial charge is 0.268 e. The molecule has 1 saturated carbocycles. The molecule has 4 N–H and O–H groups in total. The molecule has 0 radical (unpaired) electrons. The Balaban J connectivity index is 1.46. The van der Waals surface area contributed by atoms with Crippen LogP contribution in [0.25, 0.3) is 10.9 Å². The Morgan fingerprint density at radius 1 is 1.33 bits per heavy atom. The summed E-state index contributed by atoms with van der Waals surface area (Å²) in [4.78, 5) is 41.3. The van der Waals surface area contributed by atoms with Crippen molar-refractivity contribution in [3.8, 4) is 6.07 Å². The van der Waals surface area contributed by atoms with E-state index in [-0.39, 0.29) is 18.2 Å². The molecule has 3 atom stereocenters. The number of nitrogens with zero attached hydrogens (tertiary/aromatic N) is 1. The molecule has 2 aromatic rings. The van der Waals surface area contributed by atoms with Crippen molar-refractivity contribution < 1.29 is 14.4 Å². The molecule has 4 rings (SSSR count). The first kappa shape index (κ1) is 23.1. The van der Waals surface area contributed by atoms with Crippen LogP contribution >= 0.6 is 11.6 Å². The minimum atomic E-state index is -1.21. The first-order valence-electron chi connectivity index (χ1n) is 11.4. The van der Waals surface area contributed by atoms with E-state index in [1.165, 1.54) is 0 Å². The van der Waals surface area contributed by atoms with Crippen LogP contribution in [-0.2, 0) is 9.59 Å². The monoisotopic (exact) mass is 469 g/mol. The molecule has 1 aliphatic heterocycles. The summed E-state index contributed by atoms with van der Waals surface area (Å²) in [5, 5.41) is 19.6. The zero-order valence-electron chi connectivity index (χ0n) is 18.5. The number of nitrogens with one attached hydrogen (secondary N) is 4. The average Bonchev–Trinajstić information content (AvgIpc) is 3.49. The number of amides is 3. The number of aromatic nitrogens is 1. The van der Waals surface area contributed by atoms with E-state index in [4.69, 9.17) is 11.6 Å². The lowest BCUT2D eigenvalue weighted by Gasteiger charge is -2.31. The second-order valence-electron chi connectivity index (χ2n) is 9.36. The maximum Gasteiger partial charge on any atom is 0.268 e. The largest absolute Gasteiger partial charge is 0.356 e. The Bertz CT molecular complexity index is 1120. The van der Waals surface area contributed by atoms with Gasteiger partial charge in [-0.1, -0.05) is 36.6 Å². The van der Waals surface area contributed by atoms with Gasteiger partial charge in [0.15, 0.2) is 0 Å². The number of nitriles is 1. The number of rotatable bonds is 8. The first-order valence-corrected chi connectivity index (χ1v) is 11.7. The van der Waals surface area contributed by atoms with Crippen molar-refractivity contribution in [3.05, 3.63) is 35.0 Å². The highest BCUT2D eigenvalue weighted by Crippen LogP contribution is 2.34. The van der Waals surface area contributed by atoms with Crippen molar-refractivity contribution in [3.63, 3.8) is 0 Å². The lowest BCUT2D eigenvalue weighted by molar-refractivity contribution is -0.129. The molecule has 3 amide bonds. The zero-order chi connectivity index (χ0) is 23.6. The fourth-order valence-electron chi connectivity index (χ4n) is 4.40. The molecule has 0 bridgehead atoms. The van der Waals surface area contributed by atoms with Gasteiger partial charge in [-0.05, 0) is 50.7 Å². The number of para-hydroxylation sites is 1. The molecule has 174 valence electrons. The molecule has 1 saturated heterocycles. The molecule has 0 spiro atoms. The van der Waals surface area contributed by atoms with E-state index in [1.807, 2.05) is 6.07 Å². The van der Waals surface area contributed by atoms with E-state index in [2.05, 4.69) is 27.0 Å².